The van der Waals surface area contributed by atoms with Crippen LogP contribution in [0.1, 0.15) is 36.8 Å². The maximum atomic E-state index is 12.3. The Hall–Kier alpha value is -1.88. The lowest BCUT2D eigenvalue weighted by Gasteiger charge is -2.18. The first-order chi connectivity index (χ1) is 9.27. The average Bonchev–Trinajstić information content (AvgIpc) is 2.73. The van der Waals surface area contributed by atoms with Crippen LogP contribution in [0.4, 0.5) is 5.82 Å². The molecule has 0 aliphatic carbocycles. The van der Waals surface area contributed by atoms with E-state index in [1.807, 2.05) is 20.8 Å². The molecule has 0 aliphatic heterocycles. The molecular formula is C14H17ClN4O. The molecule has 5 nitrogen and oxygen atoms in total. The SMILES string of the molecule is Cn1nccc1NC(=O)c1cc(Cl)nc(C(C)(C)C)c1. The summed E-state index contributed by atoms with van der Waals surface area (Å²) in [6.07, 6.45) is 1.62. The molecule has 0 aromatic carbocycles. The number of pyridine rings is 1. The van der Waals surface area contributed by atoms with Crippen molar-refractivity contribution < 1.29 is 4.79 Å². The molecule has 0 saturated heterocycles. The van der Waals surface area contributed by atoms with E-state index < -0.39 is 0 Å². The lowest BCUT2D eigenvalue weighted by molar-refractivity contribution is 0.102. The van der Waals surface area contributed by atoms with Crippen molar-refractivity contribution in [3.8, 4) is 0 Å². The van der Waals surface area contributed by atoms with E-state index in [0.29, 0.717) is 16.5 Å². The third kappa shape index (κ3) is 3.17. The van der Waals surface area contributed by atoms with Crippen molar-refractivity contribution in [1.29, 1.82) is 0 Å². The Morgan fingerprint density at radius 2 is 2.05 bits per heavy atom. The summed E-state index contributed by atoms with van der Waals surface area (Å²) in [7, 11) is 1.76. The zero-order valence-electron chi connectivity index (χ0n) is 11.9. The van der Waals surface area contributed by atoms with Crippen LogP contribution in [0.2, 0.25) is 5.15 Å². The second-order valence-electron chi connectivity index (χ2n) is 5.61. The van der Waals surface area contributed by atoms with Crippen molar-refractivity contribution in [2.45, 2.75) is 26.2 Å². The molecule has 2 aromatic rings. The molecule has 0 spiro atoms. The van der Waals surface area contributed by atoms with Crippen LogP contribution in [0.15, 0.2) is 24.4 Å². The Morgan fingerprint density at radius 1 is 1.35 bits per heavy atom. The number of nitrogens with zero attached hydrogens (tertiary/aromatic N) is 3. The molecule has 2 aromatic heterocycles. The quantitative estimate of drug-likeness (QED) is 0.866. The molecule has 6 heteroatoms. The molecule has 20 heavy (non-hydrogen) atoms. The van der Waals surface area contributed by atoms with Crippen LogP contribution in [0, 0.1) is 0 Å². The second-order valence-corrected chi connectivity index (χ2v) is 6.00. The number of nitrogens with one attached hydrogen (secondary N) is 1. The zero-order chi connectivity index (χ0) is 14.9. The Kier molecular flexibility index (Phi) is 3.81. The lowest BCUT2D eigenvalue weighted by Crippen LogP contribution is -2.18. The average molecular weight is 293 g/mol. The normalized spacial score (nSPS) is 11.4. The Morgan fingerprint density at radius 3 is 2.60 bits per heavy atom. The maximum absolute atomic E-state index is 12.3. The van der Waals surface area contributed by atoms with E-state index >= 15 is 0 Å². The zero-order valence-corrected chi connectivity index (χ0v) is 12.7. The van der Waals surface area contributed by atoms with Gasteiger partial charge in [0.2, 0.25) is 0 Å². The van der Waals surface area contributed by atoms with Crippen molar-refractivity contribution in [1.82, 2.24) is 14.8 Å². The maximum Gasteiger partial charge on any atom is 0.256 e. The molecule has 0 bridgehead atoms. The minimum absolute atomic E-state index is 0.174. The predicted octanol–water partition coefficient (Wildman–Crippen LogP) is 3.02. The molecule has 0 saturated carbocycles. The molecule has 2 heterocycles. The number of amides is 1. The van der Waals surface area contributed by atoms with Crippen LogP contribution in [0.25, 0.3) is 0 Å². The number of hydrogen-bond acceptors (Lipinski definition) is 3. The summed E-state index contributed by atoms with van der Waals surface area (Å²) in [5.41, 5.74) is 1.09. The first-order valence-corrected chi connectivity index (χ1v) is 6.62. The van der Waals surface area contributed by atoms with Gasteiger partial charge in [-0.1, -0.05) is 32.4 Å². The van der Waals surface area contributed by atoms with Gasteiger partial charge in [-0.05, 0) is 12.1 Å². The Balaban J connectivity index is 2.31. The second kappa shape index (κ2) is 5.25. The highest BCUT2D eigenvalue weighted by atomic mass is 35.5. The van der Waals surface area contributed by atoms with Gasteiger partial charge in [0.05, 0.1) is 6.20 Å². The Bertz CT molecular complexity index is 643. The fourth-order valence-electron chi connectivity index (χ4n) is 1.70. The summed E-state index contributed by atoms with van der Waals surface area (Å²) in [6, 6.07) is 5.05. The number of rotatable bonds is 2. The van der Waals surface area contributed by atoms with Crippen LogP contribution < -0.4 is 5.32 Å². The highest BCUT2D eigenvalue weighted by molar-refractivity contribution is 6.29. The molecule has 0 aliphatic rings. The number of aromatic nitrogens is 3. The summed E-state index contributed by atoms with van der Waals surface area (Å²) in [4.78, 5) is 16.5. The van der Waals surface area contributed by atoms with Gasteiger partial charge in [-0.3, -0.25) is 9.48 Å². The molecule has 0 fully saturated rings. The van der Waals surface area contributed by atoms with Crippen molar-refractivity contribution in [3.05, 3.63) is 40.8 Å². The van der Waals surface area contributed by atoms with Gasteiger partial charge in [0, 0.05) is 29.8 Å². The molecule has 106 valence electrons. The molecule has 0 unspecified atom stereocenters. The third-order valence-electron chi connectivity index (χ3n) is 2.89. The van der Waals surface area contributed by atoms with Gasteiger partial charge in [-0.25, -0.2) is 4.98 Å². The van der Waals surface area contributed by atoms with Gasteiger partial charge in [-0.2, -0.15) is 5.10 Å². The minimum atomic E-state index is -0.233. The topological polar surface area (TPSA) is 59.8 Å². The fourth-order valence-corrected chi connectivity index (χ4v) is 1.91. The lowest BCUT2D eigenvalue weighted by atomic mass is 9.91. The largest absolute Gasteiger partial charge is 0.307 e. The molecule has 0 radical (unpaired) electrons. The first kappa shape index (κ1) is 14.5. The predicted molar refractivity (Wildman–Crippen MR) is 79.1 cm³/mol. The molecule has 0 atom stereocenters. The number of hydrogen-bond donors (Lipinski definition) is 1. The number of carbonyl (C=O) groups is 1. The van der Waals surface area contributed by atoms with Crippen molar-refractivity contribution in [3.63, 3.8) is 0 Å². The molecule has 2 rings (SSSR count). The Labute approximate surface area is 123 Å². The van der Waals surface area contributed by atoms with Crippen molar-refractivity contribution in [2.75, 3.05) is 5.32 Å². The molecule has 1 N–H and O–H groups in total. The van der Waals surface area contributed by atoms with Crippen molar-refractivity contribution in [2.24, 2.45) is 7.05 Å². The fraction of sp³-hybridized carbons (Fsp3) is 0.357. The standard InChI is InChI=1S/C14H17ClN4O/c1-14(2,3)10-7-9(8-11(15)17-10)13(20)18-12-5-6-16-19(12)4/h5-8H,1-4H3,(H,18,20). The van der Waals surface area contributed by atoms with Gasteiger partial charge in [0.15, 0.2) is 0 Å². The van der Waals surface area contributed by atoms with Crippen LogP contribution >= 0.6 is 11.6 Å². The summed E-state index contributed by atoms with van der Waals surface area (Å²) >= 11 is 6.00. The van der Waals surface area contributed by atoms with E-state index in [1.165, 1.54) is 0 Å². The number of anilines is 1. The summed E-state index contributed by atoms with van der Waals surface area (Å²) in [5, 5.41) is 7.10. The van der Waals surface area contributed by atoms with E-state index in [1.54, 1.807) is 36.1 Å². The summed E-state index contributed by atoms with van der Waals surface area (Å²) in [5.74, 6) is 0.392. The number of carbonyl (C=O) groups excluding carboxylic acids is 1. The van der Waals surface area contributed by atoms with Gasteiger partial charge >= 0.3 is 0 Å². The van der Waals surface area contributed by atoms with Gasteiger partial charge < -0.3 is 5.32 Å². The van der Waals surface area contributed by atoms with Gasteiger partial charge in [-0.15, -0.1) is 0 Å². The highest BCUT2D eigenvalue weighted by Crippen LogP contribution is 2.23. The minimum Gasteiger partial charge on any atom is -0.307 e. The van der Waals surface area contributed by atoms with Crippen LogP contribution in [-0.2, 0) is 12.5 Å². The van der Waals surface area contributed by atoms with E-state index in [0.717, 1.165) is 5.69 Å². The van der Waals surface area contributed by atoms with E-state index in [4.69, 9.17) is 11.6 Å². The summed E-state index contributed by atoms with van der Waals surface area (Å²) in [6.45, 7) is 6.07. The van der Waals surface area contributed by atoms with Crippen LogP contribution in [0.3, 0.4) is 0 Å². The van der Waals surface area contributed by atoms with E-state index in [9.17, 15) is 4.79 Å². The van der Waals surface area contributed by atoms with Gasteiger partial charge in [0.25, 0.3) is 5.91 Å². The van der Waals surface area contributed by atoms with Crippen LogP contribution in [0.5, 0.6) is 0 Å². The smallest absolute Gasteiger partial charge is 0.256 e. The van der Waals surface area contributed by atoms with Crippen LogP contribution in [-0.4, -0.2) is 20.7 Å². The molecule has 1 amide bonds. The number of halogens is 1. The summed E-state index contributed by atoms with van der Waals surface area (Å²) < 4.78 is 1.59. The highest BCUT2D eigenvalue weighted by Gasteiger charge is 2.19. The number of aryl methyl sites for hydroxylation is 1. The van der Waals surface area contributed by atoms with E-state index in [-0.39, 0.29) is 11.3 Å². The first-order valence-electron chi connectivity index (χ1n) is 6.25. The third-order valence-corrected chi connectivity index (χ3v) is 3.08. The van der Waals surface area contributed by atoms with Gasteiger partial charge in [0.1, 0.15) is 11.0 Å². The van der Waals surface area contributed by atoms with Crippen molar-refractivity contribution >= 4 is 23.3 Å². The van der Waals surface area contributed by atoms with E-state index in [2.05, 4.69) is 15.4 Å². The molecular weight excluding hydrogens is 276 g/mol. The monoisotopic (exact) mass is 292 g/mol.